The zero-order chi connectivity index (χ0) is 16.9. The van der Waals surface area contributed by atoms with Gasteiger partial charge in [0.05, 0.1) is 12.0 Å². The summed E-state index contributed by atoms with van der Waals surface area (Å²) in [5, 5.41) is 6.07. The zero-order valence-corrected chi connectivity index (χ0v) is 12.8. The third-order valence-electron chi connectivity index (χ3n) is 3.16. The Morgan fingerprint density at radius 2 is 2.00 bits per heavy atom. The molecular weight excluding hydrogens is 312 g/mol. The van der Waals surface area contributed by atoms with Crippen molar-refractivity contribution < 1.29 is 23.3 Å². The largest absolute Gasteiger partial charge is 0.457 e. The van der Waals surface area contributed by atoms with Crippen LogP contribution in [0.15, 0.2) is 57.7 Å². The van der Waals surface area contributed by atoms with Crippen LogP contribution in [0.5, 0.6) is 0 Å². The SMILES string of the molecule is Cc1cc(NC(=O)COC(=O)c2occc2-c2ccccc2)on1. The quantitative estimate of drug-likeness (QED) is 0.724. The number of carbonyl (C=O) groups is 2. The van der Waals surface area contributed by atoms with Gasteiger partial charge in [-0.05, 0) is 18.6 Å². The van der Waals surface area contributed by atoms with Gasteiger partial charge in [-0.3, -0.25) is 10.1 Å². The topological polar surface area (TPSA) is 94.6 Å². The van der Waals surface area contributed by atoms with Crippen LogP contribution in [0, 0.1) is 6.92 Å². The Morgan fingerprint density at radius 1 is 1.21 bits per heavy atom. The van der Waals surface area contributed by atoms with Gasteiger partial charge in [-0.2, -0.15) is 0 Å². The summed E-state index contributed by atoms with van der Waals surface area (Å²) in [6.07, 6.45) is 1.40. The molecule has 2 heterocycles. The monoisotopic (exact) mass is 326 g/mol. The smallest absolute Gasteiger partial charge is 0.375 e. The van der Waals surface area contributed by atoms with Crippen molar-refractivity contribution in [3.05, 3.63) is 60.2 Å². The molecule has 0 saturated carbocycles. The molecule has 0 bridgehead atoms. The minimum absolute atomic E-state index is 0.0458. The number of carbonyl (C=O) groups excluding carboxylic acids is 2. The first kappa shape index (κ1) is 15.5. The second-order valence-electron chi connectivity index (χ2n) is 4.99. The Hall–Kier alpha value is -3.35. The van der Waals surface area contributed by atoms with Crippen LogP contribution in [0.3, 0.4) is 0 Å². The summed E-state index contributed by atoms with van der Waals surface area (Å²) in [7, 11) is 0. The van der Waals surface area contributed by atoms with Gasteiger partial charge in [0.2, 0.25) is 11.6 Å². The average molecular weight is 326 g/mol. The standard InChI is InChI=1S/C17H14N2O5/c1-11-9-15(24-19-11)18-14(20)10-23-17(21)16-13(7-8-22-16)12-5-3-2-4-6-12/h2-9H,10H2,1H3,(H,18,20). The first-order valence-electron chi connectivity index (χ1n) is 7.16. The van der Waals surface area contributed by atoms with Gasteiger partial charge in [0.25, 0.3) is 5.91 Å². The first-order valence-corrected chi connectivity index (χ1v) is 7.16. The van der Waals surface area contributed by atoms with E-state index in [2.05, 4.69) is 10.5 Å². The van der Waals surface area contributed by atoms with Gasteiger partial charge >= 0.3 is 5.97 Å². The Balaban J connectivity index is 1.62. The van der Waals surface area contributed by atoms with Gasteiger partial charge in [-0.25, -0.2) is 4.79 Å². The Kier molecular flexibility index (Phi) is 4.42. The fourth-order valence-electron chi connectivity index (χ4n) is 2.11. The normalized spacial score (nSPS) is 10.4. The van der Waals surface area contributed by atoms with Crippen molar-refractivity contribution in [1.29, 1.82) is 0 Å². The highest BCUT2D eigenvalue weighted by Crippen LogP contribution is 2.25. The molecule has 0 aliphatic rings. The molecule has 0 aliphatic carbocycles. The van der Waals surface area contributed by atoms with Crippen LogP contribution in [0.4, 0.5) is 5.88 Å². The summed E-state index contributed by atoms with van der Waals surface area (Å²) in [6, 6.07) is 12.5. The van der Waals surface area contributed by atoms with Crippen molar-refractivity contribution in [2.75, 3.05) is 11.9 Å². The molecule has 1 amide bonds. The van der Waals surface area contributed by atoms with Gasteiger partial charge in [0.15, 0.2) is 6.61 Å². The average Bonchev–Trinajstić information content (AvgIpc) is 3.22. The predicted molar refractivity (Wildman–Crippen MR) is 84.3 cm³/mol. The fraction of sp³-hybridized carbons (Fsp3) is 0.118. The molecule has 7 heteroatoms. The molecule has 1 aromatic carbocycles. The van der Waals surface area contributed by atoms with E-state index in [1.807, 2.05) is 30.3 Å². The molecule has 0 aliphatic heterocycles. The highest BCUT2D eigenvalue weighted by atomic mass is 16.5. The van der Waals surface area contributed by atoms with E-state index in [0.29, 0.717) is 11.3 Å². The van der Waals surface area contributed by atoms with Gasteiger partial charge in [0, 0.05) is 11.6 Å². The predicted octanol–water partition coefficient (Wildman–Crippen LogP) is 3.04. The van der Waals surface area contributed by atoms with Crippen LogP contribution in [-0.2, 0) is 9.53 Å². The van der Waals surface area contributed by atoms with Crippen molar-refractivity contribution in [3.63, 3.8) is 0 Å². The van der Waals surface area contributed by atoms with E-state index in [4.69, 9.17) is 13.7 Å². The lowest BCUT2D eigenvalue weighted by Gasteiger charge is -2.04. The van der Waals surface area contributed by atoms with Crippen LogP contribution in [0.2, 0.25) is 0 Å². The molecule has 0 spiro atoms. The van der Waals surface area contributed by atoms with E-state index >= 15 is 0 Å². The van der Waals surface area contributed by atoms with E-state index in [1.165, 1.54) is 6.26 Å². The first-order chi connectivity index (χ1) is 11.6. The summed E-state index contributed by atoms with van der Waals surface area (Å²) < 4.78 is 15.0. The van der Waals surface area contributed by atoms with Crippen molar-refractivity contribution in [2.45, 2.75) is 6.92 Å². The third kappa shape index (κ3) is 3.52. The van der Waals surface area contributed by atoms with Gasteiger partial charge in [-0.1, -0.05) is 35.5 Å². The van der Waals surface area contributed by atoms with Crippen LogP contribution >= 0.6 is 0 Å². The van der Waals surface area contributed by atoms with Gasteiger partial charge < -0.3 is 13.7 Å². The molecule has 24 heavy (non-hydrogen) atoms. The number of nitrogens with one attached hydrogen (secondary N) is 1. The highest BCUT2D eigenvalue weighted by molar-refractivity contribution is 5.97. The lowest BCUT2D eigenvalue weighted by atomic mass is 10.1. The van der Waals surface area contributed by atoms with E-state index in [-0.39, 0.29) is 11.6 Å². The number of aryl methyl sites for hydroxylation is 1. The van der Waals surface area contributed by atoms with Gasteiger partial charge in [0.1, 0.15) is 0 Å². The Morgan fingerprint density at radius 3 is 2.71 bits per heavy atom. The van der Waals surface area contributed by atoms with Crippen LogP contribution < -0.4 is 5.32 Å². The van der Waals surface area contributed by atoms with Crippen molar-refractivity contribution in [3.8, 4) is 11.1 Å². The molecule has 0 atom stereocenters. The molecule has 0 fully saturated rings. The maximum Gasteiger partial charge on any atom is 0.375 e. The van der Waals surface area contributed by atoms with Crippen molar-refractivity contribution in [2.24, 2.45) is 0 Å². The van der Waals surface area contributed by atoms with E-state index in [9.17, 15) is 9.59 Å². The van der Waals surface area contributed by atoms with E-state index < -0.39 is 18.5 Å². The van der Waals surface area contributed by atoms with Crippen LogP contribution in [0.25, 0.3) is 11.1 Å². The van der Waals surface area contributed by atoms with Crippen LogP contribution in [-0.4, -0.2) is 23.6 Å². The number of esters is 1. The minimum atomic E-state index is -0.720. The molecule has 3 aromatic rings. The molecular formula is C17H14N2O5. The van der Waals surface area contributed by atoms with E-state index in [1.54, 1.807) is 19.1 Å². The Bertz CT molecular complexity index is 851. The second-order valence-corrected chi connectivity index (χ2v) is 4.99. The maximum absolute atomic E-state index is 12.1. The fourth-order valence-corrected chi connectivity index (χ4v) is 2.11. The summed E-state index contributed by atoms with van der Waals surface area (Å²) in [4.78, 5) is 23.9. The number of rotatable bonds is 5. The number of hydrogen-bond donors (Lipinski definition) is 1. The molecule has 7 nitrogen and oxygen atoms in total. The number of furan rings is 1. The number of aromatic nitrogens is 1. The summed E-state index contributed by atoms with van der Waals surface area (Å²) in [6.45, 7) is 1.26. The summed E-state index contributed by atoms with van der Waals surface area (Å²) in [5.74, 6) is -1.02. The van der Waals surface area contributed by atoms with Crippen LogP contribution in [0.1, 0.15) is 16.2 Å². The lowest BCUT2D eigenvalue weighted by molar-refractivity contribution is -0.119. The molecule has 0 unspecified atom stereocenters. The van der Waals surface area contributed by atoms with E-state index in [0.717, 1.165) is 5.56 Å². The number of anilines is 1. The van der Waals surface area contributed by atoms with Crippen molar-refractivity contribution in [1.82, 2.24) is 5.16 Å². The number of ether oxygens (including phenoxy) is 1. The third-order valence-corrected chi connectivity index (χ3v) is 3.16. The number of amides is 1. The number of benzene rings is 1. The van der Waals surface area contributed by atoms with Crippen molar-refractivity contribution >= 4 is 17.8 Å². The number of hydrogen-bond acceptors (Lipinski definition) is 6. The molecule has 3 rings (SSSR count). The molecule has 2 aromatic heterocycles. The maximum atomic E-state index is 12.1. The second kappa shape index (κ2) is 6.82. The lowest BCUT2D eigenvalue weighted by Crippen LogP contribution is -2.20. The molecule has 0 saturated heterocycles. The minimum Gasteiger partial charge on any atom is -0.457 e. The summed E-state index contributed by atoms with van der Waals surface area (Å²) >= 11 is 0. The molecule has 0 radical (unpaired) electrons. The highest BCUT2D eigenvalue weighted by Gasteiger charge is 2.19. The Labute approximate surface area is 137 Å². The molecule has 122 valence electrons. The zero-order valence-electron chi connectivity index (χ0n) is 12.8. The molecule has 1 N–H and O–H groups in total. The summed E-state index contributed by atoms with van der Waals surface area (Å²) in [5.41, 5.74) is 2.05. The number of nitrogens with zero attached hydrogens (tertiary/aromatic N) is 1. The van der Waals surface area contributed by atoms with Gasteiger partial charge in [-0.15, -0.1) is 0 Å².